The average molecular weight is 1090 g/mol. The van der Waals surface area contributed by atoms with E-state index in [0.717, 1.165) is 0 Å². The Hall–Kier alpha value is -6.92. The first-order valence-electron chi connectivity index (χ1n) is 25.3. The summed E-state index contributed by atoms with van der Waals surface area (Å²) in [5, 5.41) is 1.10. The lowest BCUT2D eigenvalue weighted by Gasteiger charge is -2.38. The maximum Gasteiger partial charge on any atom is 0.462 e. The number of benzene rings is 8. The predicted molar refractivity (Wildman–Crippen MR) is 295 cm³/mol. The van der Waals surface area contributed by atoms with Crippen LogP contribution in [0.25, 0.3) is 0 Å². The molecule has 8 aromatic rings. The fourth-order valence-electron chi connectivity index (χ4n) is 11.5. The van der Waals surface area contributed by atoms with E-state index in [9.17, 15) is 0 Å². The van der Waals surface area contributed by atoms with Crippen molar-refractivity contribution < 1.29 is 54.5 Å². The molecule has 0 saturated heterocycles. The lowest BCUT2D eigenvalue weighted by Crippen LogP contribution is -2.24. The molecule has 0 aromatic heterocycles. The van der Waals surface area contributed by atoms with Gasteiger partial charge >= 0.3 is 30.4 Å². The van der Waals surface area contributed by atoms with Crippen LogP contribution in [0.15, 0.2) is 146 Å². The van der Waals surface area contributed by atoms with Crippen LogP contribution in [0.4, 0.5) is 0 Å². The van der Waals surface area contributed by atoms with Gasteiger partial charge in [0, 0.05) is 90.4 Å². The van der Waals surface area contributed by atoms with Crippen LogP contribution in [0.2, 0.25) is 0 Å². The summed E-state index contributed by atoms with van der Waals surface area (Å²) in [7, 11) is -17.7. The Bertz CT molecular complexity index is 3320. The van der Waals surface area contributed by atoms with E-state index in [1.165, 1.54) is 0 Å². The number of hydrogen-bond acceptors (Lipinski definition) is 12. The highest BCUT2D eigenvalue weighted by Crippen LogP contribution is 2.67. The van der Waals surface area contributed by atoms with E-state index < -0.39 is 54.1 Å². The van der Waals surface area contributed by atoms with Crippen LogP contribution in [-0.4, -0.2) is 0 Å². The zero-order valence-corrected chi connectivity index (χ0v) is 46.4. The van der Waals surface area contributed by atoms with Gasteiger partial charge in [-0.05, 0) is 100 Å². The van der Waals surface area contributed by atoms with Crippen LogP contribution in [0.3, 0.4) is 0 Å². The summed E-state index contributed by atoms with van der Waals surface area (Å²) in [5.41, 5.74) is 7.04. The molecule has 0 unspecified atom stereocenters. The minimum absolute atomic E-state index is 0.236. The molecule has 0 spiro atoms. The van der Waals surface area contributed by atoms with Gasteiger partial charge in [0.1, 0.15) is 46.0 Å². The summed E-state index contributed by atoms with van der Waals surface area (Å²) in [6.45, 7) is 15.4. The third-order valence-electron chi connectivity index (χ3n) is 15.8. The van der Waals surface area contributed by atoms with Crippen LogP contribution in [0, 0.1) is 27.7 Å². The molecule has 0 atom stereocenters. The van der Waals surface area contributed by atoms with Crippen LogP contribution < -0.4 is 57.4 Å². The Labute approximate surface area is 441 Å². The van der Waals surface area contributed by atoms with E-state index in [0.29, 0.717) is 66.8 Å². The van der Waals surface area contributed by atoms with Gasteiger partial charge in [0.2, 0.25) is 0 Å². The highest BCUT2D eigenvalue weighted by atomic mass is 31.2. The third kappa shape index (κ3) is 7.24. The van der Waals surface area contributed by atoms with Gasteiger partial charge in [-0.15, -0.1) is 0 Å². The Morgan fingerprint density at radius 3 is 0.553 bits per heavy atom. The van der Waals surface area contributed by atoms with Gasteiger partial charge < -0.3 is 36.2 Å². The number of rotatable bonds is 4. The molecule has 0 saturated carbocycles. The van der Waals surface area contributed by atoms with Gasteiger partial charge in [0.05, 0.1) is 21.2 Å². The maximum atomic E-state index is 16.1. The second-order valence-corrected chi connectivity index (χ2v) is 27.8. The van der Waals surface area contributed by atoms with E-state index in [1.54, 1.807) is 97.1 Å². The Kier molecular flexibility index (Phi) is 11.1. The predicted octanol–water partition coefficient (Wildman–Crippen LogP) is 15.0. The monoisotopic (exact) mass is 1090 g/mol. The normalized spacial score (nSPS) is 26.1. The summed E-state index contributed by atoms with van der Waals surface area (Å²) >= 11 is 0. The van der Waals surface area contributed by atoms with E-state index in [2.05, 4.69) is 0 Å². The molecule has 384 valence electrons. The smallest absolute Gasteiger partial charge is 0.412 e. The minimum atomic E-state index is -4.43. The first-order valence-corrected chi connectivity index (χ1v) is 31.5. The molecule has 0 amide bonds. The van der Waals surface area contributed by atoms with Crippen molar-refractivity contribution in [2.75, 3.05) is 0 Å². The molecule has 12 nitrogen and oxygen atoms in total. The molecule has 5 aliphatic rings. The first kappa shape index (κ1) is 48.7. The summed E-state index contributed by atoms with van der Waals surface area (Å²) < 4.78 is 120. The van der Waals surface area contributed by atoms with Crippen molar-refractivity contribution in [3.05, 3.63) is 212 Å². The topological polar surface area (TPSA) is 142 Å². The van der Waals surface area contributed by atoms with Gasteiger partial charge in [-0.2, -0.15) is 0 Å². The Morgan fingerprint density at radius 1 is 0.263 bits per heavy atom. The van der Waals surface area contributed by atoms with Gasteiger partial charge in [-0.25, -0.2) is 18.3 Å². The van der Waals surface area contributed by atoms with Gasteiger partial charge in [0.15, 0.2) is 0 Å². The van der Waals surface area contributed by atoms with Crippen molar-refractivity contribution >= 4 is 51.6 Å². The summed E-state index contributed by atoms with van der Waals surface area (Å²) in [5.74, 6) is -0.232. The lowest BCUT2D eigenvalue weighted by molar-refractivity contribution is 0.370. The highest BCUT2D eigenvalue weighted by molar-refractivity contribution is 7.64. The molecular formula is C60H52O12P4. The van der Waals surface area contributed by atoms with Crippen molar-refractivity contribution in [1.29, 1.82) is 0 Å². The van der Waals surface area contributed by atoms with Crippen LogP contribution in [-0.2, 0) is 18.3 Å². The maximum absolute atomic E-state index is 16.1. The highest BCUT2D eigenvalue weighted by Gasteiger charge is 2.48. The van der Waals surface area contributed by atoms with Crippen molar-refractivity contribution in [2.24, 2.45) is 0 Å². The first-order chi connectivity index (χ1) is 36.4. The average Bonchev–Trinajstić information content (AvgIpc) is 3.59. The van der Waals surface area contributed by atoms with E-state index in [4.69, 9.17) is 36.2 Å². The standard InChI is InChI=1S/C60H52O12P4/c1-33-45-29-47-34(2)49-31-51-36(4)52-32-50-35(3)48-30-46(33)54-38(6)56(48)68-75(63,43-25-17-11-18-26-43)70-58(50)40(8)60(52)72-76(64,44-27-19-12-20-28-44)71-59(51)39(7)57(49)69-74(62,42-23-15-10-16-24-42)67-55(47)37(5)53(45)65-73(61,66-54)41-21-13-9-14-22-41/h9-36H,1-8H3. The summed E-state index contributed by atoms with van der Waals surface area (Å²) in [6, 6.07) is 43.0. The van der Waals surface area contributed by atoms with Gasteiger partial charge in [0.25, 0.3) is 0 Å². The molecule has 0 fully saturated rings. The molecule has 13 rings (SSSR count). The molecule has 1 aliphatic carbocycles. The molecule has 76 heavy (non-hydrogen) atoms. The molecule has 8 aromatic carbocycles. The van der Waals surface area contributed by atoms with Crippen molar-refractivity contribution in [1.82, 2.24) is 0 Å². The second-order valence-electron chi connectivity index (χ2n) is 20.3. The zero-order chi connectivity index (χ0) is 52.8. The van der Waals surface area contributed by atoms with Crippen LogP contribution in [0.1, 0.15) is 118 Å². The molecule has 8 bridgehead atoms. The van der Waals surface area contributed by atoms with Crippen LogP contribution in [0.5, 0.6) is 46.0 Å². The quantitative estimate of drug-likeness (QED) is 0.155. The van der Waals surface area contributed by atoms with Crippen molar-refractivity contribution in [2.45, 2.75) is 79.1 Å². The summed E-state index contributed by atoms with van der Waals surface area (Å²) in [6.07, 6.45) is 0. The number of hydrogen-bond donors (Lipinski definition) is 0. The summed E-state index contributed by atoms with van der Waals surface area (Å²) in [4.78, 5) is 0. The van der Waals surface area contributed by atoms with Crippen molar-refractivity contribution in [3.8, 4) is 46.0 Å². The Morgan fingerprint density at radius 2 is 0.408 bits per heavy atom. The largest absolute Gasteiger partial charge is 0.462 e. The molecule has 4 heterocycles. The lowest BCUT2D eigenvalue weighted by atomic mass is 9.78. The molecule has 16 heteroatoms. The van der Waals surface area contributed by atoms with E-state index >= 15 is 18.3 Å². The van der Waals surface area contributed by atoms with Crippen molar-refractivity contribution in [3.63, 3.8) is 0 Å². The fourth-order valence-corrected chi connectivity index (χ4v) is 18.5. The molecular weight excluding hydrogens is 1040 g/mol. The van der Waals surface area contributed by atoms with E-state index in [-0.39, 0.29) is 67.2 Å². The SMILES string of the molecule is Cc1c2c3cc4c1OP(=O)(c1ccccc1)Oc1c(cc5c(c1C)OP(=O)(c1ccccc1)Oc1c(cc6c(c1C)OP(=O)(c1ccccc1)Oc1c(cc(c(c1C)OP(=O)(c1ccccc1)O2)C3C)C6C)C5C)C4C. The molecule has 4 aliphatic heterocycles. The fraction of sp³-hybridized carbons (Fsp3) is 0.200. The minimum Gasteiger partial charge on any atom is -0.412 e. The van der Waals surface area contributed by atoms with Crippen LogP contribution >= 0.6 is 30.4 Å². The van der Waals surface area contributed by atoms with Gasteiger partial charge in [-0.3, -0.25) is 0 Å². The molecule has 0 radical (unpaired) electrons. The second kappa shape index (κ2) is 17.3. The van der Waals surface area contributed by atoms with Gasteiger partial charge in [-0.1, -0.05) is 100 Å². The third-order valence-corrected chi connectivity index (χ3v) is 22.9. The Balaban J connectivity index is 1.22. The van der Waals surface area contributed by atoms with E-state index in [1.807, 2.05) is 104 Å². The zero-order valence-electron chi connectivity index (χ0n) is 42.9. The molecule has 0 N–H and O–H groups in total.